The zero-order chi connectivity index (χ0) is 20.1. The number of piperazine rings is 1. The van der Waals surface area contributed by atoms with Crippen LogP contribution in [0.4, 0.5) is 10.1 Å². The lowest BCUT2D eigenvalue weighted by Crippen LogP contribution is -2.46. The highest BCUT2D eigenvalue weighted by atomic mass is 19.1. The molecule has 2 N–H and O–H groups in total. The maximum absolute atomic E-state index is 14.0. The number of nitrogens with zero attached hydrogens (tertiary/aromatic N) is 2. The number of rotatable bonds is 7. The van der Waals surface area contributed by atoms with Crippen molar-refractivity contribution in [3.63, 3.8) is 0 Å². The second kappa shape index (κ2) is 9.17. The summed E-state index contributed by atoms with van der Waals surface area (Å²) in [6, 6.07) is 11.8. The first-order valence-electron chi connectivity index (χ1n) is 9.80. The van der Waals surface area contributed by atoms with Crippen LogP contribution in [0.1, 0.15) is 41.4 Å². The maximum Gasteiger partial charge on any atom is 0.335 e. The minimum atomic E-state index is -0.930. The van der Waals surface area contributed by atoms with Crippen molar-refractivity contribution >= 4 is 11.7 Å². The fourth-order valence-electron chi connectivity index (χ4n) is 3.61. The Morgan fingerprint density at radius 2 is 1.82 bits per heavy atom. The van der Waals surface area contributed by atoms with Crippen LogP contribution in [-0.2, 0) is 6.54 Å². The number of nitrogens with one attached hydrogen (secondary N) is 1. The molecule has 150 valence electrons. The SMILES string of the molecule is CCN1CCN(c2ccc(F)cc2C(C)NCc2ccc(C(=O)O)cc2)CC1. The summed E-state index contributed by atoms with van der Waals surface area (Å²) in [7, 11) is 0. The number of likely N-dealkylation sites (N-methyl/N-ethyl adjacent to an activating group) is 1. The Kier molecular flexibility index (Phi) is 6.65. The molecule has 1 atom stereocenters. The Labute approximate surface area is 165 Å². The van der Waals surface area contributed by atoms with Crippen LogP contribution in [0.2, 0.25) is 0 Å². The van der Waals surface area contributed by atoms with Gasteiger partial charge in [0.05, 0.1) is 5.56 Å². The van der Waals surface area contributed by atoms with E-state index in [0.717, 1.165) is 49.5 Å². The van der Waals surface area contributed by atoms with Crippen LogP contribution in [0.25, 0.3) is 0 Å². The average Bonchev–Trinajstić information content (AvgIpc) is 2.72. The van der Waals surface area contributed by atoms with E-state index in [0.29, 0.717) is 6.54 Å². The molecule has 1 saturated heterocycles. The van der Waals surface area contributed by atoms with Gasteiger partial charge >= 0.3 is 5.97 Å². The summed E-state index contributed by atoms with van der Waals surface area (Å²) in [6.45, 7) is 9.77. The average molecular weight is 385 g/mol. The van der Waals surface area contributed by atoms with Crippen LogP contribution < -0.4 is 10.2 Å². The monoisotopic (exact) mass is 385 g/mol. The molecule has 0 bridgehead atoms. The fraction of sp³-hybridized carbons (Fsp3) is 0.409. The first-order chi connectivity index (χ1) is 13.5. The van der Waals surface area contributed by atoms with Crippen molar-refractivity contribution in [1.29, 1.82) is 0 Å². The van der Waals surface area contributed by atoms with E-state index in [1.165, 1.54) is 6.07 Å². The predicted molar refractivity (Wildman–Crippen MR) is 109 cm³/mol. The second-order valence-electron chi connectivity index (χ2n) is 7.23. The van der Waals surface area contributed by atoms with Gasteiger partial charge in [0.25, 0.3) is 0 Å². The van der Waals surface area contributed by atoms with Gasteiger partial charge in [-0.05, 0) is 54.9 Å². The summed E-state index contributed by atoms with van der Waals surface area (Å²) in [5.74, 6) is -1.16. The zero-order valence-electron chi connectivity index (χ0n) is 16.5. The Bertz CT molecular complexity index is 802. The van der Waals surface area contributed by atoms with Crippen molar-refractivity contribution in [2.75, 3.05) is 37.6 Å². The summed E-state index contributed by atoms with van der Waals surface area (Å²) >= 11 is 0. The molecule has 1 aliphatic heterocycles. The molecule has 1 aliphatic rings. The number of hydrogen-bond acceptors (Lipinski definition) is 4. The molecule has 28 heavy (non-hydrogen) atoms. The predicted octanol–water partition coefficient (Wildman–Crippen LogP) is 3.52. The minimum absolute atomic E-state index is 0.0333. The molecule has 2 aromatic carbocycles. The Hall–Kier alpha value is -2.44. The van der Waals surface area contributed by atoms with Crippen LogP contribution in [-0.4, -0.2) is 48.7 Å². The molecule has 1 unspecified atom stereocenters. The van der Waals surface area contributed by atoms with Gasteiger partial charge in [0.15, 0.2) is 0 Å². The van der Waals surface area contributed by atoms with Crippen molar-refractivity contribution < 1.29 is 14.3 Å². The summed E-state index contributed by atoms with van der Waals surface area (Å²) in [6.07, 6.45) is 0. The number of carbonyl (C=O) groups is 1. The third kappa shape index (κ3) is 4.88. The van der Waals surface area contributed by atoms with Crippen molar-refractivity contribution in [2.24, 2.45) is 0 Å². The van der Waals surface area contributed by atoms with Gasteiger partial charge in [0.2, 0.25) is 0 Å². The normalized spacial score (nSPS) is 16.2. The lowest BCUT2D eigenvalue weighted by molar-refractivity contribution is 0.0697. The number of aromatic carboxylic acids is 1. The highest BCUT2D eigenvalue weighted by Gasteiger charge is 2.21. The van der Waals surface area contributed by atoms with Crippen LogP contribution >= 0.6 is 0 Å². The van der Waals surface area contributed by atoms with Gasteiger partial charge in [-0.15, -0.1) is 0 Å². The largest absolute Gasteiger partial charge is 0.478 e. The van der Waals surface area contributed by atoms with E-state index >= 15 is 0 Å². The third-order valence-corrected chi connectivity index (χ3v) is 5.43. The Morgan fingerprint density at radius 3 is 2.43 bits per heavy atom. The third-order valence-electron chi connectivity index (χ3n) is 5.43. The van der Waals surface area contributed by atoms with Gasteiger partial charge in [-0.3, -0.25) is 0 Å². The van der Waals surface area contributed by atoms with Gasteiger partial charge in [0, 0.05) is 44.5 Å². The highest BCUT2D eigenvalue weighted by molar-refractivity contribution is 5.87. The van der Waals surface area contributed by atoms with Gasteiger partial charge in [-0.25, -0.2) is 9.18 Å². The number of benzene rings is 2. The molecule has 6 heteroatoms. The summed E-state index contributed by atoms with van der Waals surface area (Å²) < 4.78 is 14.0. The molecule has 2 aromatic rings. The topological polar surface area (TPSA) is 55.8 Å². The Morgan fingerprint density at radius 1 is 1.14 bits per heavy atom. The molecule has 1 fully saturated rings. The maximum atomic E-state index is 14.0. The van der Waals surface area contributed by atoms with Gasteiger partial charge in [-0.1, -0.05) is 19.1 Å². The van der Waals surface area contributed by atoms with Gasteiger partial charge in [0.1, 0.15) is 5.82 Å². The number of carboxylic acids is 1. The standard InChI is InChI=1S/C22H28FN3O2/c1-3-25-10-12-26(13-11-25)21-9-8-19(23)14-20(21)16(2)24-15-17-4-6-18(7-5-17)22(27)28/h4-9,14,16,24H,3,10-13,15H2,1-2H3,(H,27,28). The molecule has 0 amide bonds. The minimum Gasteiger partial charge on any atom is -0.478 e. The van der Waals surface area contributed by atoms with E-state index in [1.807, 2.05) is 13.0 Å². The summed E-state index contributed by atoms with van der Waals surface area (Å²) in [5, 5.41) is 12.4. The molecule has 1 heterocycles. The molecular formula is C22H28FN3O2. The quantitative estimate of drug-likeness (QED) is 0.764. The van der Waals surface area contributed by atoms with E-state index in [2.05, 4.69) is 22.0 Å². The van der Waals surface area contributed by atoms with E-state index in [-0.39, 0.29) is 17.4 Å². The zero-order valence-corrected chi connectivity index (χ0v) is 16.5. The second-order valence-corrected chi connectivity index (χ2v) is 7.23. The Balaban J connectivity index is 1.69. The first-order valence-corrected chi connectivity index (χ1v) is 9.80. The van der Waals surface area contributed by atoms with E-state index in [4.69, 9.17) is 5.11 Å². The fourth-order valence-corrected chi connectivity index (χ4v) is 3.61. The molecule has 0 saturated carbocycles. The van der Waals surface area contributed by atoms with Gasteiger partial charge < -0.3 is 20.2 Å². The molecule has 3 rings (SSSR count). The molecule has 0 aromatic heterocycles. The molecule has 0 spiro atoms. The number of halogens is 1. The van der Waals surface area contributed by atoms with E-state index in [9.17, 15) is 9.18 Å². The van der Waals surface area contributed by atoms with Crippen molar-refractivity contribution in [2.45, 2.75) is 26.4 Å². The number of carboxylic acid groups (broad SMARTS) is 1. The first kappa shape index (κ1) is 20.3. The summed E-state index contributed by atoms with van der Waals surface area (Å²) in [5.41, 5.74) is 3.30. The van der Waals surface area contributed by atoms with E-state index < -0.39 is 5.97 Å². The van der Waals surface area contributed by atoms with E-state index in [1.54, 1.807) is 30.3 Å². The molecule has 0 aliphatic carbocycles. The smallest absolute Gasteiger partial charge is 0.335 e. The van der Waals surface area contributed by atoms with Crippen LogP contribution in [0.5, 0.6) is 0 Å². The lowest BCUT2D eigenvalue weighted by Gasteiger charge is -2.37. The number of hydrogen-bond donors (Lipinski definition) is 2. The van der Waals surface area contributed by atoms with Crippen LogP contribution in [0.3, 0.4) is 0 Å². The molecular weight excluding hydrogens is 357 g/mol. The highest BCUT2D eigenvalue weighted by Crippen LogP contribution is 2.28. The van der Waals surface area contributed by atoms with Crippen LogP contribution in [0, 0.1) is 5.82 Å². The molecule has 5 nitrogen and oxygen atoms in total. The lowest BCUT2D eigenvalue weighted by atomic mass is 10.0. The summed E-state index contributed by atoms with van der Waals surface area (Å²) in [4.78, 5) is 15.7. The van der Waals surface area contributed by atoms with Crippen molar-refractivity contribution in [1.82, 2.24) is 10.2 Å². The van der Waals surface area contributed by atoms with Crippen molar-refractivity contribution in [3.8, 4) is 0 Å². The van der Waals surface area contributed by atoms with Crippen molar-refractivity contribution in [3.05, 3.63) is 65.0 Å². The number of anilines is 1. The van der Waals surface area contributed by atoms with Crippen LogP contribution in [0.15, 0.2) is 42.5 Å². The van der Waals surface area contributed by atoms with Gasteiger partial charge in [-0.2, -0.15) is 0 Å². The molecule has 0 radical (unpaired) electrons.